The van der Waals surface area contributed by atoms with Crippen LogP contribution >= 0.6 is 0 Å². The van der Waals surface area contributed by atoms with E-state index in [1.54, 1.807) is 0 Å². The molecule has 1 amide bonds. The van der Waals surface area contributed by atoms with Crippen LogP contribution in [0.5, 0.6) is 0 Å². The van der Waals surface area contributed by atoms with Gasteiger partial charge in [-0.05, 0) is 32.4 Å². The maximum Gasteiger partial charge on any atom is 0.227 e. The fourth-order valence-electron chi connectivity index (χ4n) is 2.19. The zero-order chi connectivity index (χ0) is 15.1. The molecule has 0 saturated heterocycles. The highest BCUT2D eigenvalue weighted by molar-refractivity contribution is 5.79. The van der Waals surface area contributed by atoms with Crippen molar-refractivity contribution in [2.75, 3.05) is 40.3 Å². The summed E-state index contributed by atoms with van der Waals surface area (Å²) in [6.07, 6.45) is 1.84. The predicted molar refractivity (Wildman–Crippen MR) is 82.0 cm³/mol. The lowest BCUT2D eigenvalue weighted by atomic mass is 9.84. The SMILES string of the molecule is CCCN(CCN(C)C)C(=O)C(CN)CC(C)(C)C. The summed E-state index contributed by atoms with van der Waals surface area (Å²) in [6.45, 7) is 11.5. The minimum atomic E-state index is -0.0475. The van der Waals surface area contributed by atoms with Crippen LogP contribution in [0.3, 0.4) is 0 Å². The fraction of sp³-hybridized carbons (Fsp3) is 0.933. The maximum atomic E-state index is 12.6. The van der Waals surface area contributed by atoms with Gasteiger partial charge in [-0.25, -0.2) is 0 Å². The minimum Gasteiger partial charge on any atom is -0.341 e. The summed E-state index contributed by atoms with van der Waals surface area (Å²) in [5, 5.41) is 0. The number of amides is 1. The van der Waals surface area contributed by atoms with E-state index in [4.69, 9.17) is 5.73 Å². The molecule has 0 saturated carbocycles. The van der Waals surface area contributed by atoms with Crippen LogP contribution < -0.4 is 5.73 Å². The average molecular weight is 271 g/mol. The average Bonchev–Trinajstić information content (AvgIpc) is 2.29. The summed E-state index contributed by atoms with van der Waals surface area (Å²) in [6, 6.07) is 0. The summed E-state index contributed by atoms with van der Waals surface area (Å²) in [5.41, 5.74) is 5.95. The Kier molecular flexibility index (Phi) is 8.26. The molecule has 0 aliphatic carbocycles. The van der Waals surface area contributed by atoms with Crippen LogP contribution in [0.1, 0.15) is 40.5 Å². The predicted octanol–water partition coefficient (Wildman–Crippen LogP) is 1.80. The molecular formula is C15H33N3O. The van der Waals surface area contributed by atoms with E-state index in [2.05, 4.69) is 32.6 Å². The summed E-state index contributed by atoms with van der Waals surface area (Å²) in [5.74, 6) is 0.176. The highest BCUT2D eigenvalue weighted by Gasteiger charge is 2.27. The molecule has 114 valence electrons. The molecule has 0 aromatic rings. The quantitative estimate of drug-likeness (QED) is 0.732. The number of nitrogens with zero attached hydrogens (tertiary/aromatic N) is 2. The number of hydrogen-bond acceptors (Lipinski definition) is 3. The number of carbonyl (C=O) groups excluding carboxylic acids is 1. The van der Waals surface area contributed by atoms with Gasteiger partial charge in [-0.1, -0.05) is 27.7 Å². The number of carbonyl (C=O) groups is 1. The third kappa shape index (κ3) is 8.22. The molecule has 0 radical (unpaired) electrons. The first kappa shape index (κ1) is 18.4. The highest BCUT2D eigenvalue weighted by atomic mass is 16.2. The first-order valence-electron chi connectivity index (χ1n) is 7.34. The first-order chi connectivity index (χ1) is 8.71. The van der Waals surface area contributed by atoms with E-state index in [9.17, 15) is 4.79 Å². The van der Waals surface area contributed by atoms with Crippen molar-refractivity contribution in [1.29, 1.82) is 0 Å². The van der Waals surface area contributed by atoms with E-state index in [0.29, 0.717) is 6.54 Å². The van der Waals surface area contributed by atoms with Crippen LogP contribution in [-0.2, 0) is 4.79 Å². The molecule has 0 bridgehead atoms. The molecule has 0 aromatic heterocycles. The fourth-order valence-corrected chi connectivity index (χ4v) is 2.19. The van der Waals surface area contributed by atoms with Crippen molar-refractivity contribution in [3.63, 3.8) is 0 Å². The highest BCUT2D eigenvalue weighted by Crippen LogP contribution is 2.25. The Bertz CT molecular complexity index is 259. The van der Waals surface area contributed by atoms with Gasteiger partial charge < -0.3 is 15.5 Å². The normalized spacial score (nSPS) is 13.7. The van der Waals surface area contributed by atoms with E-state index in [0.717, 1.165) is 32.5 Å². The van der Waals surface area contributed by atoms with E-state index in [1.165, 1.54) is 0 Å². The molecule has 0 aliphatic heterocycles. The van der Waals surface area contributed by atoms with Crippen LogP contribution in [0, 0.1) is 11.3 Å². The van der Waals surface area contributed by atoms with Gasteiger partial charge in [0.05, 0.1) is 5.92 Å². The molecule has 0 aromatic carbocycles. The van der Waals surface area contributed by atoms with Crippen LogP contribution in [0.2, 0.25) is 0 Å². The van der Waals surface area contributed by atoms with Crippen LogP contribution in [0.4, 0.5) is 0 Å². The molecule has 0 heterocycles. The molecule has 1 atom stereocenters. The van der Waals surface area contributed by atoms with Crippen molar-refractivity contribution in [3.8, 4) is 0 Å². The first-order valence-corrected chi connectivity index (χ1v) is 7.34. The maximum absolute atomic E-state index is 12.6. The van der Waals surface area contributed by atoms with Gasteiger partial charge in [-0.15, -0.1) is 0 Å². The summed E-state index contributed by atoms with van der Waals surface area (Å²) < 4.78 is 0. The number of nitrogens with two attached hydrogens (primary N) is 1. The summed E-state index contributed by atoms with van der Waals surface area (Å²) >= 11 is 0. The topological polar surface area (TPSA) is 49.6 Å². The lowest BCUT2D eigenvalue weighted by Crippen LogP contribution is -2.43. The molecule has 4 heteroatoms. The van der Waals surface area contributed by atoms with E-state index < -0.39 is 0 Å². The van der Waals surface area contributed by atoms with Crippen LogP contribution in [0.15, 0.2) is 0 Å². The van der Waals surface area contributed by atoms with Gasteiger partial charge in [-0.3, -0.25) is 4.79 Å². The second kappa shape index (κ2) is 8.54. The van der Waals surface area contributed by atoms with Crippen molar-refractivity contribution in [1.82, 2.24) is 9.80 Å². The van der Waals surface area contributed by atoms with Crippen molar-refractivity contribution in [2.45, 2.75) is 40.5 Å². The van der Waals surface area contributed by atoms with Crippen molar-refractivity contribution >= 4 is 5.91 Å². The lowest BCUT2D eigenvalue weighted by molar-refractivity contribution is -0.136. The lowest BCUT2D eigenvalue weighted by Gasteiger charge is -2.31. The second-order valence-electron chi connectivity index (χ2n) is 6.83. The van der Waals surface area contributed by atoms with Gasteiger partial charge >= 0.3 is 0 Å². The van der Waals surface area contributed by atoms with E-state index in [1.807, 2.05) is 19.0 Å². The summed E-state index contributed by atoms with van der Waals surface area (Å²) in [7, 11) is 4.06. The zero-order valence-electron chi connectivity index (χ0n) is 13.7. The van der Waals surface area contributed by atoms with Gasteiger partial charge in [-0.2, -0.15) is 0 Å². The number of likely N-dealkylation sites (N-methyl/N-ethyl adjacent to an activating group) is 1. The molecule has 4 nitrogen and oxygen atoms in total. The zero-order valence-corrected chi connectivity index (χ0v) is 13.7. The number of hydrogen-bond donors (Lipinski definition) is 1. The Labute approximate surface area is 119 Å². The Hall–Kier alpha value is -0.610. The monoisotopic (exact) mass is 271 g/mol. The van der Waals surface area contributed by atoms with Crippen LogP contribution in [0.25, 0.3) is 0 Å². The van der Waals surface area contributed by atoms with Crippen molar-refractivity contribution < 1.29 is 4.79 Å². The standard InChI is InChI=1S/C15H33N3O/c1-7-8-18(10-9-17(5)6)14(19)13(12-16)11-15(2,3)4/h13H,7-12,16H2,1-6H3. The van der Waals surface area contributed by atoms with Crippen LogP contribution in [-0.4, -0.2) is 56.0 Å². The van der Waals surface area contributed by atoms with Gasteiger partial charge in [0.15, 0.2) is 0 Å². The molecule has 0 fully saturated rings. The Morgan fingerprint density at radius 1 is 1.16 bits per heavy atom. The Morgan fingerprint density at radius 3 is 2.11 bits per heavy atom. The smallest absolute Gasteiger partial charge is 0.227 e. The van der Waals surface area contributed by atoms with Gasteiger partial charge in [0.2, 0.25) is 5.91 Å². The molecule has 2 N–H and O–H groups in total. The molecule has 0 spiro atoms. The second-order valence-corrected chi connectivity index (χ2v) is 6.83. The Balaban J connectivity index is 4.64. The third-order valence-corrected chi connectivity index (χ3v) is 3.11. The summed E-state index contributed by atoms with van der Waals surface area (Å²) in [4.78, 5) is 16.7. The van der Waals surface area contributed by atoms with Crippen molar-refractivity contribution in [3.05, 3.63) is 0 Å². The molecule has 0 rings (SSSR count). The minimum absolute atomic E-state index is 0.0475. The van der Waals surface area contributed by atoms with Gasteiger partial charge in [0.25, 0.3) is 0 Å². The largest absolute Gasteiger partial charge is 0.341 e. The van der Waals surface area contributed by atoms with Gasteiger partial charge in [0.1, 0.15) is 0 Å². The molecular weight excluding hydrogens is 238 g/mol. The molecule has 0 aliphatic rings. The number of rotatable bonds is 8. The molecule has 1 unspecified atom stereocenters. The van der Waals surface area contributed by atoms with Crippen molar-refractivity contribution in [2.24, 2.45) is 17.1 Å². The van der Waals surface area contributed by atoms with E-state index in [-0.39, 0.29) is 17.2 Å². The van der Waals surface area contributed by atoms with Gasteiger partial charge in [0, 0.05) is 26.2 Å². The van der Waals surface area contributed by atoms with E-state index >= 15 is 0 Å². The third-order valence-electron chi connectivity index (χ3n) is 3.11. The Morgan fingerprint density at radius 2 is 1.74 bits per heavy atom. The molecule has 19 heavy (non-hydrogen) atoms.